The number of halogens is 1. The Morgan fingerprint density at radius 3 is 2.81 bits per heavy atom. The van der Waals surface area contributed by atoms with Crippen LogP contribution in [0.15, 0.2) is 36.7 Å². The van der Waals surface area contributed by atoms with Gasteiger partial charge in [-0.1, -0.05) is 11.6 Å². The van der Waals surface area contributed by atoms with Gasteiger partial charge in [0.1, 0.15) is 0 Å². The Hall–Kier alpha value is -2.34. The summed E-state index contributed by atoms with van der Waals surface area (Å²) in [5.74, 6) is -2.31. The first kappa shape index (κ1) is 13.6. The molecule has 7 heteroatoms. The Balaban J connectivity index is 1.84. The second-order valence-electron chi connectivity index (χ2n) is 4.89. The minimum Gasteiger partial charge on any atom is -0.481 e. The van der Waals surface area contributed by atoms with Crippen molar-refractivity contribution in [2.24, 2.45) is 11.8 Å². The SMILES string of the molecule is O=C(O)[C@H]1C[C@H]1C(=O)Nc1cc(Cl)ccc1-n1cccn1. The van der Waals surface area contributed by atoms with E-state index in [0.29, 0.717) is 22.8 Å². The zero-order chi connectivity index (χ0) is 15.0. The lowest BCUT2D eigenvalue weighted by molar-refractivity contribution is -0.139. The molecule has 0 saturated heterocycles. The number of carbonyl (C=O) groups excluding carboxylic acids is 1. The maximum Gasteiger partial charge on any atom is 0.307 e. The highest BCUT2D eigenvalue weighted by Gasteiger charge is 2.48. The van der Waals surface area contributed by atoms with Crippen molar-refractivity contribution < 1.29 is 14.7 Å². The number of carbonyl (C=O) groups is 2. The van der Waals surface area contributed by atoms with E-state index in [0.717, 1.165) is 0 Å². The Morgan fingerprint density at radius 1 is 1.38 bits per heavy atom. The molecule has 0 unspecified atom stereocenters. The van der Waals surface area contributed by atoms with Crippen molar-refractivity contribution >= 4 is 29.2 Å². The third-order valence-corrected chi connectivity index (χ3v) is 3.65. The molecule has 1 fully saturated rings. The molecule has 2 aromatic rings. The van der Waals surface area contributed by atoms with Crippen LogP contribution in [-0.4, -0.2) is 26.8 Å². The number of carboxylic acids is 1. The number of hydrogen-bond donors (Lipinski definition) is 2. The molecule has 21 heavy (non-hydrogen) atoms. The van der Waals surface area contributed by atoms with Crippen LogP contribution in [0.5, 0.6) is 0 Å². The first-order valence-corrected chi connectivity index (χ1v) is 6.77. The largest absolute Gasteiger partial charge is 0.481 e. The van der Waals surface area contributed by atoms with Crippen LogP contribution >= 0.6 is 11.6 Å². The van der Waals surface area contributed by atoms with Gasteiger partial charge in [0.25, 0.3) is 0 Å². The number of nitrogens with one attached hydrogen (secondary N) is 1. The van der Waals surface area contributed by atoms with Crippen LogP contribution in [0.4, 0.5) is 5.69 Å². The summed E-state index contributed by atoms with van der Waals surface area (Å²) >= 11 is 5.96. The molecule has 1 aromatic heterocycles. The number of amides is 1. The molecule has 1 amide bonds. The van der Waals surface area contributed by atoms with E-state index in [4.69, 9.17) is 16.7 Å². The topological polar surface area (TPSA) is 84.2 Å². The molecular formula is C14H12ClN3O3. The first-order valence-electron chi connectivity index (χ1n) is 6.39. The summed E-state index contributed by atoms with van der Waals surface area (Å²) < 4.78 is 1.60. The highest BCUT2D eigenvalue weighted by molar-refractivity contribution is 6.31. The van der Waals surface area contributed by atoms with Gasteiger partial charge in [-0.3, -0.25) is 9.59 Å². The van der Waals surface area contributed by atoms with Crippen molar-refractivity contribution in [1.29, 1.82) is 0 Å². The standard InChI is InChI=1S/C14H12ClN3O3/c15-8-2-3-12(18-5-1-4-16-18)11(6-8)17-13(19)9-7-10(9)14(20)21/h1-6,9-10H,7H2,(H,17,19)(H,20,21)/t9-,10+/m1/s1. The third kappa shape index (κ3) is 2.75. The minimum atomic E-state index is -0.937. The van der Waals surface area contributed by atoms with E-state index in [2.05, 4.69) is 10.4 Å². The minimum absolute atomic E-state index is 0.307. The van der Waals surface area contributed by atoms with E-state index in [9.17, 15) is 9.59 Å². The van der Waals surface area contributed by atoms with Crippen molar-refractivity contribution in [3.63, 3.8) is 0 Å². The summed E-state index contributed by atoms with van der Waals surface area (Å²) in [6.45, 7) is 0. The van der Waals surface area contributed by atoms with Gasteiger partial charge in [0.05, 0.1) is 23.2 Å². The van der Waals surface area contributed by atoms with Gasteiger partial charge in [0, 0.05) is 17.4 Å². The average Bonchev–Trinajstić information content (AvgIpc) is 3.08. The van der Waals surface area contributed by atoms with Crippen LogP contribution in [0.25, 0.3) is 5.69 Å². The average molecular weight is 306 g/mol. The molecule has 1 aliphatic carbocycles. The predicted octanol–water partition coefficient (Wildman–Crippen LogP) is 2.18. The molecule has 3 rings (SSSR count). The van der Waals surface area contributed by atoms with E-state index in [1.165, 1.54) is 0 Å². The molecule has 0 spiro atoms. The zero-order valence-electron chi connectivity index (χ0n) is 10.9. The molecule has 6 nitrogen and oxygen atoms in total. The summed E-state index contributed by atoms with van der Waals surface area (Å²) in [5, 5.41) is 16.2. The summed E-state index contributed by atoms with van der Waals surface area (Å²) in [7, 11) is 0. The maximum absolute atomic E-state index is 12.1. The molecule has 0 aliphatic heterocycles. The molecule has 1 heterocycles. The van der Waals surface area contributed by atoms with Crippen LogP contribution in [0, 0.1) is 11.8 Å². The fourth-order valence-corrected chi connectivity index (χ4v) is 2.37. The maximum atomic E-state index is 12.1. The van der Waals surface area contributed by atoms with Crippen LogP contribution in [0.1, 0.15) is 6.42 Å². The first-order chi connectivity index (χ1) is 10.1. The number of anilines is 1. The Kier molecular flexibility index (Phi) is 3.39. The fraction of sp³-hybridized carbons (Fsp3) is 0.214. The Morgan fingerprint density at radius 2 is 2.19 bits per heavy atom. The van der Waals surface area contributed by atoms with Crippen molar-refractivity contribution in [3.05, 3.63) is 41.7 Å². The lowest BCUT2D eigenvalue weighted by atomic mass is 10.2. The van der Waals surface area contributed by atoms with Gasteiger partial charge in [-0.25, -0.2) is 4.68 Å². The monoisotopic (exact) mass is 305 g/mol. The number of benzene rings is 1. The molecule has 1 saturated carbocycles. The van der Waals surface area contributed by atoms with Gasteiger partial charge in [-0.2, -0.15) is 5.10 Å². The lowest BCUT2D eigenvalue weighted by Crippen LogP contribution is -2.18. The predicted molar refractivity (Wildman–Crippen MR) is 76.4 cm³/mol. The van der Waals surface area contributed by atoms with Gasteiger partial charge >= 0.3 is 5.97 Å². The summed E-state index contributed by atoms with van der Waals surface area (Å²) in [5.41, 5.74) is 1.18. The van der Waals surface area contributed by atoms with Crippen LogP contribution in [0.3, 0.4) is 0 Å². The third-order valence-electron chi connectivity index (χ3n) is 3.41. The van der Waals surface area contributed by atoms with Gasteiger partial charge in [0.2, 0.25) is 5.91 Å². The number of aromatic nitrogens is 2. The van der Waals surface area contributed by atoms with E-state index in [-0.39, 0.29) is 5.91 Å². The van der Waals surface area contributed by atoms with Crippen molar-refractivity contribution in [1.82, 2.24) is 9.78 Å². The van der Waals surface area contributed by atoms with Crippen LogP contribution < -0.4 is 5.32 Å². The summed E-state index contributed by atoms with van der Waals surface area (Å²) in [6.07, 6.45) is 3.75. The Bertz CT molecular complexity index is 699. The number of hydrogen-bond acceptors (Lipinski definition) is 3. The second kappa shape index (κ2) is 5.21. The quantitative estimate of drug-likeness (QED) is 0.907. The Labute approximate surface area is 125 Å². The van der Waals surface area contributed by atoms with Gasteiger partial charge < -0.3 is 10.4 Å². The molecule has 0 radical (unpaired) electrons. The van der Waals surface area contributed by atoms with E-state index in [1.807, 2.05) is 0 Å². The van der Waals surface area contributed by atoms with Gasteiger partial charge in [-0.05, 0) is 30.7 Å². The van der Waals surface area contributed by atoms with Crippen LogP contribution in [0.2, 0.25) is 5.02 Å². The highest BCUT2D eigenvalue weighted by Crippen LogP contribution is 2.40. The van der Waals surface area contributed by atoms with E-state index >= 15 is 0 Å². The normalized spacial score (nSPS) is 20.0. The molecule has 1 aliphatic rings. The molecule has 0 bridgehead atoms. The van der Waals surface area contributed by atoms with E-state index < -0.39 is 17.8 Å². The number of rotatable bonds is 4. The van der Waals surface area contributed by atoms with Crippen LogP contribution in [-0.2, 0) is 9.59 Å². The zero-order valence-corrected chi connectivity index (χ0v) is 11.6. The number of nitrogens with zero attached hydrogens (tertiary/aromatic N) is 2. The van der Waals surface area contributed by atoms with Crippen molar-refractivity contribution in [2.75, 3.05) is 5.32 Å². The number of carboxylic acid groups (broad SMARTS) is 1. The van der Waals surface area contributed by atoms with Crippen molar-refractivity contribution in [3.8, 4) is 5.69 Å². The molecular weight excluding hydrogens is 294 g/mol. The second-order valence-corrected chi connectivity index (χ2v) is 5.32. The fourth-order valence-electron chi connectivity index (χ4n) is 2.20. The van der Waals surface area contributed by atoms with Gasteiger partial charge in [-0.15, -0.1) is 0 Å². The van der Waals surface area contributed by atoms with Gasteiger partial charge in [0.15, 0.2) is 0 Å². The lowest BCUT2D eigenvalue weighted by Gasteiger charge is -2.11. The van der Waals surface area contributed by atoms with E-state index in [1.54, 1.807) is 41.3 Å². The molecule has 2 atom stereocenters. The number of aliphatic carboxylic acids is 1. The highest BCUT2D eigenvalue weighted by atomic mass is 35.5. The smallest absolute Gasteiger partial charge is 0.307 e. The molecule has 108 valence electrons. The molecule has 2 N–H and O–H groups in total. The van der Waals surface area contributed by atoms with Crippen molar-refractivity contribution in [2.45, 2.75) is 6.42 Å². The molecule has 1 aromatic carbocycles. The summed E-state index contributed by atoms with van der Waals surface area (Å²) in [6, 6.07) is 6.83. The summed E-state index contributed by atoms with van der Waals surface area (Å²) in [4.78, 5) is 22.9.